The first-order chi connectivity index (χ1) is 10.1. The second kappa shape index (κ2) is 8.52. The van der Waals surface area contributed by atoms with Crippen LogP contribution in [0.5, 0.6) is 0 Å². The van der Waals surface area contributed by atoms with Crippen LogP contribution in [0, 0.1) is 5.92 Å². The fourth-order valence-corrected chi connectivity index (χ4v) is 3.78. The molecule has 1 aromatic carbocycles. The number of rotatable bonds is 8. The van der Waals surface area contributed by atoms with E-state index in [0.717, 1.165) is 34.9 Å². The summed E-state index contributed by atoms with van der Waals surface area (Å²) in [6.45, 7) is 5.80. The smallest absolute Gasteiger partial charge is 0.0465 e. The standard InChI is InChI=1S/C17H26BrClN2/c1-3-21(12-13-5-4-6-13)10-9-17(20-2)15-8-7-14(18)11-16(15)19/h7-8,11,13,17,20H,3-6,9-10,12H2,1-2H3. The number of hydrogen-bond donors (Lipinski definition) is 1. The normalized spacial score (nSPS) is 17.0. The molecule has 0 saturated heterocycles. The fraction of sp³-hybridized carbons (Fsp3) is 0.647. The Morgan fingerprint density at radius 2 is 2.19 bits per heavy atom. The van der Waals surface area contributed by atoms with Crippen molar-refractivity contribution in [1.82, 2.24) is 10.2 Å². The Morgan fingerprint density at radius 3 is 2.71 bits per heavy atom. The molecule has 1 unspecified atom stereocenters. The van der Waals surface area contributed by atoms with E-state index >= 15 is 0 Å². The minimum Gasteiger partial charge on any atom is -0.313 e. The van der Waals surface area contributed by atoms with Gasteiger partial charge in [0, 0.05) is 22.1 Å². The van der Waals surface area contributed by atoms with Gasteiger partial charge in [-0.15, -0.1) is 0 Å². The van der Waals surface area contributed by atoms with Crippen molar-refractivity contribution in [3.63, 3.8) is 0 Å². The number of nitrogens with one attached hydrogen (secondary N) is 1. The van der Waals surface area contributed by atoms with Gasteiger partial charge in [-0.1, -0.05) is 46.9 Å². The van der Waals surface area contributed by atoms with Crippen molar-refractivity contribution >= 4 is 27.5 Å². The Balaban J connectivity index is 1.91. The Labute approximate surface area is 142 Å². The molecule has 118 valence electrons. The van der Waals surface area contributed by atoms with Gasteiger partial charge in [0.1, 0.15) is 0 Å². The summed E-state index contributed by atoms with van der Waals surface area (Å²) < 4.78 is 1.03. The molecular formula is C17H26BrClN2. The molecular weight excluding hydrogens is 348 g/mol. The Bertz CT molecular complexity index is 448. The van der Waals surface area contributed by atoms with Crippen molar-refractivity contribution < 1.29 is 0 Å². The topological polar surface area (TPSA) is 15.3 Å². The van der Waals surface area contributed by atoms with Crippen molar-refractivity contribution in [2.24, 2.45) is 5.92 Å². The molecule has 21 heavy (non-hydrogen) atoms. The average Bonchev–Trinajstić information content (AvgIpc) is 2.42. The van der Waals surface area contributed by atoms with Gasteiger partial charge < -0.3 is 10.2 Å². The molecule has 4 heteroatoms. The lowest BCUT2D eigenvalue weighted by Crippen LogP contribution is -2.34. The van der Waals surface area contributed by atoms with Crippen LogP contribution in [-0.2, 0) is 0 Å². The van der Waals surface area contributed by atoms with Gasteiger partial charge in [-0.05, 0) is 63.0 Å². The molecule has 0 amide bonds. The largest absolute Gasteiger partial charge is 0.313 e. The highest BCUT2D eigenvalue weighted by Crippen LogP contribution is 2.29. The number of nitrogens with zero attached hydrogens (tertiary/aromatic N) is 1. The van der Waals surface area contributed by atoms with E-state index in [1.807, 2.05) is 13.1 Å². The van der Waals surface area contributed by atoms with Gasteiger partial charge in [-0.25, -0.2) is 0 Å². The highest BCUT2D eigenvalue weighted by atomic mass is 79.9. The number of halogens is 2. The maximum atomic E-state index is 6.38. The van der Waals surface area contributed by atoms with Crippen LogP contribution in [-0.4, -0.2) is 31.6 Å². The minimum absolute atomic E-state index is 0.320. The van der Waals surface area contributed by atoms with Gasteiger partial charge in [0.15, 0.2) is 0 Å². The van der Waals surface area contributed by atoms with E-state index in [9.17, 15) is 0 Å². The molecule has 2 nitrogen and oxygen atoms in total. The van der Waals surface area contributed by atoms with E-state index in [4.69, 9.17) is 11.6 Å². The third kappa shape index (κ3) is 4.95. The second-order valence-corrected chi connectivity index (χ2v) is 7.31. The van der Waals surface area contributed by atoms with Crippen LogP contribution >= 0.6 is 27.5 Å². The molecule has 1 N–H and O–H groups in total. The first-order valence-electron chi connectivity index (χ1n) is 7.98. The summed E-state index contributed by atoms with van der Waals surface area (Å²) in [5, 5.41) is 4.25. The molecule has 1 atom stereocenters. The molecule has 0 heterocycles. The molecule has 2 rings (SSSR count). The predicted molar refractivity (Wildman–Crippen MR) is 95.0 cm³/mol. The molecule has 1 aromatic rings. The number of benzene rings is 1. The van der Waals surface area contributed by atoms with Crippen LogP contribution in [0.4, 0.5) is 0 Å². The zero-order valence-corrected chi connectivity index (χ0v) is 15.4. The van der Waals surface area contributed by atoms with Gasteiger partial charge >= 0.3 is 0 Å². The SMILES string of the molecule is CCN(CCC(NC)c1ccc(Br)cc1Cl)CC1CCC1. The lowest BCUT2D eigenvalue weighted by molar-refractivity contribution is 0.178. The van der Waals surface area contributed by atoms with E-state index in [0.29, 0.717) is 6.04 Å². The van der Waals surface area contributed by atoms with Crippen LogP contribution in [0.1, 0.15) is 44.2 Å². The molecule has 0 radical (unpaired) electrons. The summed E-state index contributed by atoms with van der Waals surface area (Å²) in [7, 11) is 2.02. The molecule has 0 spiro atoms. The lowest BCUT2D eigenvalue weighted by Gasteiger charge is -2.32. The van der Waals surface area contributed by atoms with Crippen LogP contribution < -0.4 is 5.32 Å². The molecule has 1 aliphatic rings. The van der Waals surface area contributed by atoms with Crippen molar-refractivity contribution in [3.05, 3.63) is 33.3 Å². The van der Waals surface area contributed by atoms with E-state index < -0.39 is 0 Å². The molecule has 0 aromatic heterocycles. The lowest BCUT2D eigenvalue weighted by atomic mass is 9.85. The molecule has 0 bridgehead atoms. The summed E-state index contributed by atoms with van der Waals surface area (Å²) >= 11 is 9.85. The van der Waals surface area contributed by atoms with Crippen molar-refractivity contribution in [3.8, 4) is 0 Å². The van der Waals surface area contributed by atoms with Crippen LogP contribution in [0.25, 0.3) is 0 Å². The molecule has 1 aliphatic carbocycles. The third-order valence-electron chi connectivity index (χ3n) is 4.61. The first-order valence-corrected chi connectivity index (χ1v) is 9.15. The Morgan fingerprint density at radius 1 is 1.43 bits per heavy atom. The van der Waals surface area contributed by atoms with Gasteiger partial charge in [0.25, 0.3) is 0 Å². The highest BCUT2D eigenvalue weighted by molar-refractivity contribution is 9.10. The zero-order chi connectivity index (χ0) is 15.2. The Hall–Kier alpha value is -0.0900. The maximum Gasteiger partial charge on any atom is 0.0465 e. The monoisotopic (exact) mass is 372 g/mol. The van der Waals surface area contributed by atoms with Gasteiger partial charge in [0.2, 0.25) is 0 Å². The average molecular weight is 374 g/mol. The minimum atomic E-state index is 0.320. The summed E-state index contributed by atoms with van der Waals surface area (Å²) in [6.07, 6.45) is 5.36. The maximum absolute atomic E-state index is 6.38. The summed E-state index contributed by atoms with van der Waals surface area (Å²) in [6, 6.07) is 6.49. The van der Waals surface area contributed by atoms with E-state index in [1.54, 1.807) is 0 Å². The van der Waals surface area contributed by atoms with E-state index in [1.165, 1.54) is 31.4 Å². The Kier molecular flexibility index (Phi) is 7.00. The molecule has 1 fully saturated rings. The summed E-state index contributed by atoms with van der Waals surface area (Å²) in [5.74, 6) is 0.939. The quantitative estimate of drug-likeness (QED) is 0.699. The highest BCUT2D eigenvalue weighted by Gasteiger charge is 2.21. The fourth-order valence-electron chi connectivity index (χ4n) is 2.97. The first kappa shape index (κ1) is 17.3. The zero-order valence-electron chi connectivity index (χ0n) is 13.0. The molecule has 1 saturated carbocycles. The molecule has 0 aliphatic heterocycles. The predicted octanol–water partition coefficient (Wildman–Crippen LogP) is 4.88. The van der Waals surface area contributed by atoms with Gasteiger partial charge in [0.05, 0.1) is 0 Å². The van der Waals surface area contributed by atoms with Crippen molar-refractivity contribution in [2.45, 2.75) is 38.6 Å². The third-order valence-corrected chi connectivity index (χ3v) is 5.43. The second-order valence-electron chi connectivity index (χ2n) is 5.99. The van der Waals surface area contributed by atoms with Crippen molar-refractivity contribution in [1.29, 1.82) is 0 Å². The van der Waals surface area contributed by atoms with Crippen LogP contribution in [0.15, 0.2) is 22.7 Å². The van der Waals surface area contributed by atoms with Crippen LogP contribution in [0.2, 0.25) is 5.02 Å². The number of hydrogen-bond acceptors (Lipinski definition) is 2. The summed E-state index contributed by atoms with van der Waals surface area (Å²) in [4.78, 5) is 2.58. The van der Waals surface area contributed by atoms with Crippen molar-refractivity contribution in [2.75, 3.05) is 26.7 Å². The van der Waals surface area contributed by atoms with Gasteiger partial charge in [-0.2, -0.15) is 0 Å². The van der Waals surface area contributed by atoms with Gasteiger partial charge in [-0.3, -0.25) is 0 Å². The summed E-state index contributed by atoms with van der Waals surface area (Å²) in [5.41, 5.74) is 1.20. The van der Waals surface area contributed by atoms with E-state index in [-0.39, 0.29) is 0 Å². The van der Waals surface area contributed by atoms with Crippen LogP contribution in [0.3, 0.4) is 0 Å². The van der Waals surface area contributed by atoms with E-state index in [2.05, 4.69) is 45.2 Å².